The van der Waals surface area contributed by atoms with Gasteiger partial charge >= 0.3 is 6.03 Å². The van der Waals surface area contributed by atoms with E-state index in [1.807, 2.05) is 0 Å². The van der Waals surface area contributed by atoms with Crippen LogP contribution in [0.1, 0.15) is 47.0 Å². The fourth-order valence-corrected chi connectivity index (χ4v) is 4.98. The lowest BCUT2D eigenvalue weighted by Gasteiger charge is -2.27. The first-order valence-corrected chi connectivity index (χ1v) is 14.3. The lowest BCUT2D eigenvalue weighted by Crippen LogP contribution is -2.56. The molecule has 16 heteroatoms. The van der Waals surface area contributed by atoms with Crippen molar-refractivity contribution in [2.75, 3.05) is 13.1 Å². The van der Waals surface area contributed by atoms with Crippen molar-refractivity contribution in [3.63, 3.8) is 0 Å². The van der Waals surface area contributed by atoms with E-state index in [2.05, 4.69) is 16.0 Å². The number of nitrogens with two attached hydrogens (primary N) is 1. The summed E-state index contributed by atoms with van der Waals surface area (Å²) in [5, 5.41) is 4.78. The van der Waals surface area contributed by atoms with Crippen LogP contribution in [-0.2, 0) is 34.1 Å². The number of nitrogens with zero attached hydrogens (tertiary/aromatic N) is 1. The Balaban J connectivity index is 2.98. The molecule has 3 atom stereocenters. The van der Waals surface area contributed by atoms with Gasteiger partial charge in [-0.2, -0.15) is 8.42 Å². The van der Waals surface area contributed by atoms with E-state index in [-0.39, 0.29) is 23.3 Å². The third kappa shape index (κ3) is 10.8. The number of rotatable bonds is 15. The molecule has 0 saturated carbocycles. The van der Waals surface area contributed by atoms with Gasteiger partial charge in [-0.1, -0.05) is 39.5 Å². The van der Waals surface area contributed by atoms with Gasteiger partial charge in [0.2, 0.25) is 16.9 Å². The molecule has 6 amide bonds. The maximum Gasteiger partial charge on any atom is 0.312 e. The van der Waals surface area contributed by atoms with E-state index in [1.165, 1.54) is 0 Å². The molecular weight excluding hydrogens is 542 g/mol. The molecule has 0 unspecified atom stereocenters. The highest BCUT2D eigenvalue weighted by atomic mass is 32.2. The normalized spacial score (nSPS) is 15.9. The molecule has 14 nitrogen and oxygen atoms in total. The third-order valence-corrected chi connectivity index (χ3v) is 7.49. The fourth-order valence-electron chi connectivity index (χ4n) is 3.44. The summed E-state index contributed by atoms with van der Waals surface area (Å²) in [6.45, 7) is 6.46. The minimum absolute atomic E-state index is 0.0775. The van der Waals surface area contributed by atoms with Crippen LogP contribution in [0.4, 0.5) is 4.79 Å². The van der Waals surface area contributed by atoms with Gasteiger partial charge in [0.1, 0.15) is 6.04 Å². The molecule has 1 heterocycles. The molecule has 0 spiro atoms. The van der Waals surface area contributed by atoms with Gasteiger partial charge < -0.3 is 21.7 Å². The van der Waals surface area contributed by atoms with Crippen molar-refractivity contribution in [3.05, 3.63) is 12.2 Å². The van der Waals surface area contributed by atoms with Crippen LogP contribution in [-0.4, -0.2) is 88.3 Å². The van der Waals surface area contributed by atoms with Gasteiger partial charge in [-0.3, -0.25) is 33.4 Å². The predicted molar refractivity (Wildman–Crippen MR) is 139 cm³/mol. The van der Waals surface area contributed by atoms with Gasteiger partial charge in [-0.15, -0.1) is 0 Å². The average molecular weight is 578 g/mol. The first-order valence-electron chi connectivity index (χ1n) is 11.9. The molecule has 0 aromatic carbocycles. The number of urea groups is 1. The Labute approximate surface area is 225 Å². The van der Waals surface area contributed by atoms with Crippen LogP contribution < -0.4 is 21.7 Å². The molecule has 1 aliphatic heterocycles. The zero-order chi connectivity index (χ0) is 29.2. The second kappa shape index (κ2) is 14.8. The first kappa shape index (κ1) is 33.0. The summed E-state index contributed by atoms with van der Waals surface area (Å²) in [5.74, 6) is -3.91. The topological polar surface area (TPSA) is 222 Å². The highest BCUT2D eigenvalue weighted by Crippen LogP contribution is 2.17. The lowest BCUT2D eigenvalue weighted by molar-refractivity contribution is -0.137. The average Bonchev–Trinajstić information content (AvgIpc) is 3.09. The minimum Gasteiger partial charge on any atom is -0.352 e. The van der Waals surface area contributed by atoms with E-state index >= 15 is 0 Å². The van der Waals surface area contributed by atoms with E-state index in [4.69, 9.17) is 5.73 Å². The van der Waals surface area contributed by atoms with Crippen molar-refractivity contribution in [1.82, 2.24) is 20.9 Å². The molecule has 38 heavy (non-hydrogen) atoms. The number of hydrogen-bond acceptors (Lipinski definition) is 9. The Bertz CT molecular complexity index is 1040. The number of nitrogens with one attached hydrogen (secondary N) is 3. The zero-order valence-electron chi connectivity index (χ0n) is 21.6. The van der Waals surface area contributed by atoms with Crippen molar-refractivity contribution >= 4 is 56.7 Å². The van der Waals surface area contributed by atoms with Gasteiger partial charge in [0.05, 0.1) is 6.04 Å². The van der Waals surface area contributed by atoms with Crippen LogP contribution in [0, 0.1) is 5.92 Å². The van der Waals surface area contributed by atoms with E-state index in [9.17, 15) is 41.7 Å². The first-order chi connectivity index (χ1) is 17.5. The maximum absolute atomic E-state index is 13.1. The number of thioether (sulfide) groups is 1. The number of primary amides is 1. The summed E-state index contributed by atoms with van der Waals surface area (Å²) >= 11 is 1.000. The van der Waals surface area contributed by atoms with E-state index in [0.717, 1.165) is 23.9 Å². The Kier molecular flexibility index (Phi) is 12.9. The Morgan fingerprint density at radius 2 is 1.58 bits per heavy atom. The Morgan fingerprint density at radius 1 is 1.00 bits per heavy atom. The van der Waals surface area contributed by atoms with Gasteiger partial charge in [-0.25, -0.2) is 4.79 Å². The van der Waals surface area contributed by atoms with Crippen LogP contribution in [0.3, 0.4) is 0 Å². The standard InChI is InChI=1S/C22H35N5O9S2/c1-12(2)18(20(31)25-14(21(32)37-13(3)4)6-5-10-24-22(23)33)26-19(30)15(38(34,35)36)9-11-27-16(28)7-8-17(27)29/h7-8,12-15,18H,5-6,9-11H2,1-4H3,(H,25,31)(H,26,30)(H3,23,24,33)(H,34,35,36)/t14-,15+,18-/m0/s1. The molecule has 1 aliphatic rings. The number of hydrogen-bond donors (Lipinski definition) is 5. The van der Waals surface area contributed by atoms with Gasteiger partial charge in [0, 0.05) is 30.5 Å². The molecule has 6 N–H and O–H groups in total. The summed E-state index contributed by atoms with van der Waals surface area (Å²) in [6.07, 6.45) is 1.84. The second-order valence-corrected chi connectivity index (χ2v) is 12.3. The molecule has 0 saturated heterocycles. The Hall–Kier alpha value is -2.98. The smallest absolute Gasteiger partial charge is 0.312 e. The Morgan fingerprint density at radius 3 is 2.05 bits per heavy atom. The maximum atomic E-state index is 13.1. The van der Waals surface area contributed by atoms with Crippen molar-refractivity contribution < 1.29 is 41.7 Å². The predicted octanol–water partition coefficient (Wildman–Crippen LogP) is -0.700. The van der Waals surface area contributed by atoms with Crippen LogP contribution in [0.25, 0.3) is 0 Å². The second-order valence-electron chi connectivity index (χ2n) is 9.16. The van der Waals surface area contributed by atoms with E-state index in [1.54, 1.807) is 27.7 Å². The molecule has 0 aromatic rings. The number of imide groups is 1. The summed E-state index contributed by atoms with van der Waals surface area (Å²) in [5.41, 5.74) is 5.03. The highest BCUT2D eigenvalue weighted by Gasteiger charge is 2.37. The SMILES string of the molecule is CC(C)SC(=O)[C@H](CCCNC(N)=O)NC(=O)[C@@H](NC(=O)[C@@H](CCN1C(=O)C=CC1=O)S(=O)(=O)O)C(C)C. The van der Waals surface area contributed by atoms with Crippen LogP contribution in [0.2, 0.25) is 0 Å². The van der Waals surface area contributed by atoms with Crippen molar-refractivity contribution in [3.8, 4) is 0 Å². The van der Waals surface area contributed by atoms with Crippen LogP contribution in [0.15, 0.2) is 12.2 Å². The summed E-state index contributed by atoms with van der Waals surface area (Å²) < 4.78 is 33.5. The fraction of sp³-hybridized carbons (Fsp3) is 0.636. The van der Waals surface area contributed by atoms with Crippen molar-refractivity contribution in [2.24, 2.45) is 11.7 Å². The largest absolute Gasteiger partial charge is 0.352 e. The van der Waals surface area contributed by atoms with Gasteiger partial charge in [0.15, 0.2) is 5.25 Å². The van der Waals surface area contributed by atoms with Gasteiger partial charge in [0.25, 0.3) is 21.9 Å². The number of carbonyl (C=O) groups is 6. The third-order valence-electron chi connectivity index (χ3n) is 5.34. The molecule has 0 bridgehead atoms. The molecular formula is C22H35N5O9S2. The zero-order valence-corrected chi connectivity index (χ0v) is 23.3. The monoisotopic (exact) mass is 577 g/mol. The lowest BCUT2D eigenvalue weighted by atomic mass is 10.0. The number of amides is 6. The van der Waals surface area contributed by atoms with Crippen LogP contribution in [0.5, 0.6) is 0 Å². The molecule has 0 aromatic heterocycles. The van der Waals surface area contributed by atoms with E-state index < -0.39 is 76.0 Å². The minimum atomic E-state index is -4.98. The van der Waals surface area contributed by atoms with E-state index in [0.29, 0.717) is 11.3 Å². The molecule has 1 rings (SSSR count). The van der Waals surface area contributed by atoms with Crippen LogP contribution >= 0.6 is 11.8 Å². The highest BCUT2D eigenvalue weighted by molar-refractivity contribution is 8.14. The molecule has 214 valence electrons. The molecule has 0 aliphatic carbocycles. The number of carbonyl (C=O) groups excluding carboxylic acids is 6. The summed E-state index contributed by atoms with van der Waals surface area (Å²) in [6, 6.07) is -2.99. The van der Waals surface area contributed by atoms with Crippen molar-refractivity contribution in [2.45, 2.75) is 69.5 Å². The summed E-state index contributed by atoms with van der Waals surface area (Å²) in [7, 11) is -4.98. The summed E-state index contributed by atoms with van der Waals surface area (Å²) in [4.78, 5) is 73.7. The quantitative estimate of drug-likeness (QED) is 0.0935. The molecule has 0 fully saturated rings. The van der Waals surface area contributed by atoms with Crippen molar-refractivity contribution in [1.29, 1.82) is 0 Å². The molecule has 0 radical (unpaired) electrons. The van der Waals surface area contributed by atoms with Gasteiger partial charge in [-0.05, 0) is 25.2 Å².